The Hall–Kier alpha value is -2.41. The fourth-order valence-corrected chi connectivity index (χ4v) is 2.91. The van der Waals surface area contributed by atoms with Crippen LogP contribution in [0.4, 0.5) is 10.1 Å². The quantitative estimate of drug-likeness (QED) is 0.848. The van der Waals surface area contributed by atoms with Gasteiger partial charge in [-0.3, -0.25) is 14.5 Å². The van der Waals surface area contributed by atoms with E-state index in [1.54, 1.807) is 37.3 Å². The number of ether oxygens (including phenoxy) is 1. The van der Waals surface area contributed by atoms with Crippen molar-refractivity contribution in [3.63, 3.8) is 0 Å². The first kappa shape index (κ1) is 17.4. The van der Waals surface area contributed by atoms with Crippen molar-refractivity contribution in [1.82, 2.24) is 5.32 Å². The number of nitrogens with zero attached hydrogens (tertiary/aromatic N) is 1. The van der Waals surface area contributed by atoms with E-state index in [0.29, 0.717) is 17.0 Å². The third-order valence-electron chi connectivity index (χ3n) is 3.88. The molecule has 3 rings (SSSR count). The second-order valence-corrected chi connectivity index (χ2v) is 6.66. The highest BCUT2D eigenvalue weighted by Crippen LogP contribution is 2.34. The molecule has 0 radical (unpaired) electrons. The molecule has 1 heterocycles. The first-order valence-electron chi connectivity index (χ1n) is 7.68. The lowest BCUT2D eigenvalue weighted by molar-refractivity contribution is -0.125. The number of aryl methyl sites for hydroxylation is 1. The van der Waals surface area contributed by atoms with Crippen molar-refractivity contribution < 1.29 is 18.7 Å². The number of anilines is 1. The SMILES string of the molecule is Cc1cc(CNC(=O)CN2C(=O)COc3cc(Br)ccc32)ccc1F. The van der Waals surface area contributed by atoms with Gasteiger partial charge in [0.2, 0.25) is 5.91 Å². The van der Waals surface area contributed by atoms with E-state index in [2.05, 4.69) is 21.2 Å². The highest BCUT2D eigenvalue weighted by atomic mass is 79.9. The van der Waals surface area contributed by atoms with E-state index >= 15 is 0 Å². The number of nitrogens with one attached hydrogen (secondary N) is 1. The molecule has 2 amide bonds. The minimum atomic E-state index is -0.300. The molecule has 0 unspecified atom stereocenters. The van der Waals surface area contributed by atoms with Crippen LogP contribution in [0.1, 0.15) is 11.1 Å². The van der Waals surface area contributed by atoms with Crippen LogP contribution in [-0.2, 0) is 16.1 Å². The number of benzene rings is 2. The summed E-state index contributed by atoms with van der Waals surface area (Å²) in [5.74, 6) is -0.304. The molecule has 0 saturated carbocycles. The normalized spacial score (nSPS) is 13.2. The second-order valence-electron chi connectivity index (χ2n) is 5.74. The summed E-state index contributed by atoms with van der Waals surface area (Å²) in [7, 11) is 0. The largest absolute Gasteiger partial charge is 0.482 e. The van der Waals surface area contributed by atoms with Gasteiger partial charge >= 0.3 is 0 Å². The number of amides is 2. The molecule has 0 fully saturated rings. The fraction of sp³-hybridized carbons (Fsp3) is 0.222. The zero-order valence-electron chi connectivity index (χ0n) is 13.5. The molecule has 25 heavy (non-hydrogen) atoms. The highest BCUT2D eigenvalue weighted by molar-refractivity contribution is 9.10. The molecular formula is C18H16BrFN2O3. The van der Waals surface area contributed by atoms with E-state index in [0.717, 1.165) is 10.0 Å². The van der Waals surface area contributed by atoms with Gasteiger partial charge in [0.15, 0.2) is 6.61 Å². The monoisotopic (exact) mass is 406 g/mol. The molecule has 2 aromatic carbocycles. The van der Waals surface area contributed by atoms with Crippen molar-refractivity contribution >= 4 is 33.4 Å². The maximum Gasteiger partial charge on any atom is 0.265 e. The van der Waals surface area contributed by atoms with Crippen LogP contribution in [0.2, 0.25) is 0 Å². The van der Waals surface area contributed by atoms with Gasteiger partial charge in [-0.2, -0.15) is 0 Å². The van der Waals surface area contributed by atoms with E-state index in [1.807, 2.05) is 0 Å². The van der Waals surface area contributed by atoms with E-state index in [1.165, 1.54) is 11.0 Å². The van der Waals surface area contributed by atoms with Gasteiger partial charge in [-0.25, -0.2) is 4.39 Å². The van der Waals surface area contributed by atoms with Crippen molar-refractivity contribution in [3.8, 4) is 5.75 Å². The smallest absolute Gasteiger partial charge is 0.265 e. The molecule has 0 bridgehead atoms. The molecule has 0 aliphatic carbocycles. The number of rotatable bonds is 4. The third-order valence-corrected chi connectivity index (χ3v) is 4.37. The summed E-state index contributed by atoms with van der Waals surface area (Å²) >= 11 is 3.35. The molecule has 1 aliphatic rings. The van der Waals surface area contributed by atoms with Crippen LogP contribution in [0.5, 0.6) is 5.75 Å². The van der Waals surface area contributed by atoms with Gasteiger partial charge in [0.25, 0.3) is 5.91 Å². The predicted molar refractivity (Wildman–Crippen MR) is 95.0 cm³/mol. The van der Waals surface area contributed by atoms with E-state index in [4.69, 9.17) is 4.74 Å². The van der Waals surface area contributed by atoms with Crippen LogP contribution in [0.3, 0.4) is 0 Å². The number of hydrogen-bond acceptors (Lipinski definition) is 3. The summed E-state index contributed by atoms with van der Waals surface area (Å²) in [5.41, 5.74) is 1.88. The average Bonchev–Trinajstić information content (AvgIpc) is 2.58. The Morgan fingerprint density at radius 1 is 1.32 bits per heavy atom. The zero-order chi connectivity index (χ0) is 18.0. The minimum absolute atomic E-state index is 0.100. The average molecular weight is 407 g/mol. The Balaban J connectivity index is 1.66. The van der Waals surface area contributed by atoms with E-state index in [-0.39, 0.29) is 37.3 Å². The molecule has 130 valence electrons. The lowest BCUT2D eigenvalue weighted by atomic mass is 10.1. The third kappa shape index (κ3) is 3.99. The molecule has 0 atom stereocenters. The number of carbonyl (C=O) groups is 2. The summed E-state index contributed by atoms with van der Waals surface area (Å²) in [4.78, 5) is 25.7. The summed E-state index contributed by atoms with van der Waals surface area (Å²) in [6.45, 7) is 1.73. The van der Waals surface area contributed by atoms with Crippen LogP contribution < -0.4 is 15.0 Å². The van der Waals surface area contributed by atoms with Gasteiger partial charge in [0.1, 0.15) is 18.1 Å². The summed E-state index contributed by atoms with van der Waals surface area (Å²) in [6, 6.07) is 9.95. The highest BCUT2D eigenvalue weighted by Gasteiger charge is 2.27. The zero-order valence-corrected chi connectivity index (χ0v) is 15.1. The van der Waals surface area contributed by atoms with Gasteiger partial charge in [-0.15, -0.1) is 0 Å². The van der Waals surface area contributed by atoms with Crippen molar-refractivity contribution in [2.75, 3.05) is 18.1 Å². The lowest BCUT2D eigenvalue weighted by Gasteiger charge is -2.29. The number of carbonyl (C=O) groups excluding carboxylic acids is 2. The fourth-order valence-electron chi connectivity index (χ4n) is 2.57. The van der Waals surface area contributed by atoms with Gasteiger partial charge < -0.3 is 10.1 Å². The van der Waals surface area contributed by atoms with Crippen molar-refractivity contribution in [3.05, 3.63) is 57.8 Å². The summed E-state index contributed by atoms with van der Waals surface area (Å²) in [5, 5.41) is 2.75. The van der Waals surface area contributed by atoms with Crippen LogP contribution in [0.15, 0.2) is 40.9 Å². The standard InChI is InChI=1S/C18H16BrFN2O3/c1-11-6-12(2-4-14(11)20)8-21-17(23)9-22-15-5-3-13(19)7-16(15)25-10-18(22)24/h2-7H,8-10H2,1H3,(H,21,23). The van der Waals surface area contributed by atoms with Crippen molar-refractivity contribution in [2.45, 2.75) is 13.5 Å². The molecule has 7 heteroatoms. The van der Waals surface area contributed by atoms with E-state index in [9.17, 15) is 14.0 Å². The Morgan fingerprint density at radius 3 is 2.88 bits per heavy atom. The Kier molecular flexibility index (Phi) is 5.03. The van der Waals surface area contributed by atoms with Crippen LogP contribution >= 0.6 is 15.9 Å². The molecule has 0 spiro atoms. The molecule has 0 aromatic heterocycles. The van der Waals surface area contributed by atoms with Gasteiger partial charge in [0, 0.05) is 11.0 Å². The molecule has 2 aromatic rings. The van der Waals surface area contributed by atoms with Gasteiger partial charge in [0.05, 0.1) is 5.69 Å². The number of hydrogen-bond donors (Lipinski definition) is 1. The molecule has 1 N–H and O–H groups in total. The summed E-state index contributed by atoms with van der Waals surface area (Å²) in [6.07, 6.45) is 0. The Morgan fingerprint density at radius 2 is 2.12 bits per heavy atom. The van der Waals surface area contributed by atoms with Gasteiger partial charge in [-0.05, 0) is 42.3 Å². The maximum absolute atomic E-state index is 13.3. The first-order chi connectivity index (χ1) is 11.9. The van der Waals surface area contributed by atoms with Crippen LogP contribution in [-0.4, -0.2) is 25.0 Å². The van der Waals surface area contributed by atoms with E-state index < -0.39 is 0 Å². The summed E-state index contributed by atoms with van der Waals surface area (Å²) < 4.78 is 19.5. The van der Waals surface area contributed by atoms with Gasteiger partial charge in [-0.1, -0.05) is 28.1 Å². The Bertz CT molecular complexity index is 841. The molecule has 1 aliphatic heterocycles. The van der Waals surface area contributed by atoms with Crippen molar-refractivity contribution in [1.29, 1.82) is 0 Å². The molecule has 0 saturated heterocycles. The molecule has 5 nitrogen and oxygen atoms in total. The number of halogens is 2. The topological polar surface area (TPSA) is 58.6 Å². The van der Waals surface area contributed by atoms with Crippen molar-refractivity contribution in [2.24, 2.45) is 0 Å². The predicted octanol–water partition coefficient (Wildman–Crippen LogP) is 2.94. The number of fused-ring (bicyclic) bond motifs is 1. The molecular weight excluding hydrogens is 391 g/mol. The minimum Gasteiger partial charge on any atom is -0.482 e. The maximum atomic E-state index is 13.3. The van der Waals surface area contributed by atoms with Crippen LogP contribution in [0, 0.1) is 12.7 Å². The Labute approximate surface area is 152 Å². The van der Waals surface area contributed by atoms with Crippen LogP contribution in [0.25, 0.3) is 0 Å². The lowest BCUT2D eigenvalue weighted by Crippen LogP contribution is -2.45. The first-order valence-corrected chi connectivity index (χ1v) is 8.48. The second kappa shape index (κ2) is 7.23.